The number of anilines is 1. The van der Waals surface area contributed by atoms with E-state index in [1.165, 1.54) is 20.8 Å². The van der Waals surface area contributed by atoms with Crippen LogP contribution in [0.1, 0.15) is 20.7 Å². The van der Waals surface area contributed by atoms with E-state index in [9.17, 15) is 9.59 Å². The highest BCUT2D eigenvalue weighted by atomic mass is 31.2. The molecule has 0 unspecified atom stereocenters. The van der Waals surface area contributed by atoms with Crippen molar-refractivity contribution in [1.82, 2.24) is 0 Å². The van der Waals surface area contributed by atoms with E-state index in [1.807, 2.05) is 54.6 Å². The van der Waals surface area contributed by atoms with Crippen molar-refractivity contribution < 1.29 is 9.59 Å². The number of fused-ring (bicyclic) bond motifs is 1. The number of imide groups is 1. The van der Waals surface area contributed by atoms with E-state index in [2.05, 4.69) is 72.8 Å². The lowest BCUT2D eigenvalue weighted by Gasteiger charge is -2.27. The molecule has 0 N–H and O–H groups in total. The third-order valence-corrected chi connectivity index (χ3v) is 11.0. The normalized spacial score (nSPS) is 13.1. The molecule has 2 amide bonds. The Bertz CT molecular complexity index is 1460. The highest BCUT2D eigenvalue weighted by Crippen LogP contribution is 2.54. The molecule has 36 heavy (non-hydrogen) atoms. The minimum Gasteiger partial charge on any atom is -0.268 e. The lowest BCUT2D eigenvalue weighted by molar-refractivity contribution is 0.0926. The zero-order chi connectivity index (χ0) is 24.5. The number of carbonyl (C=O) groups excluding carboxylic acids is 2. The minimum atomic E-state index is -2.36. The van der Waals surface area contributed by atoms with Gasteiger partial charge in [0.05, 0.1) is 16.8 Å². The van der Waals surface area contributed by atoms with Crippen LogP contribution in [0.5, 0.6) is 0 Å². The van der Waals surface area contributed by atoms with Crippen LogP contribution in [-0.4, -0.2) is 11.8 Å². The largest absolute Gasteiger partial charge is 0.268 e. The van der Waals surface area contributed by atoms with Crippen molar-refractivity contribution in [2.75, 3.05) is 4.90 Å². The van der Waals surface area contributed by atoms with E-state index < -0.39 is 7.26 Å². The third-order valence-electron chi connectivity index (χ3n) is 6.70. The molecule has 0 radical (unpaired) electrons. The fourth-order valence-corrected chi connectivity index (χ4v) is 9.37. The van der Waals surface area contributed by atoms with Crippen LogP contribution in [0.2, 0.25) is 0 Å². The smallest absolute Gasteiger partial charge is 0.266 e. The van der Waals surface area contributed by atoms with Crippen LogP contribution in [0.4, 0.5) is 5.69 Å². The monoisotopic (exact) mass is 484 g/mol. The molecule has 0 saturated carbocycles. The molecule has 1 heterocycles. The molecule has 0 atom stereocenters. The number of hydrogen-bond donors (Lipinski definition) is 0. The molecule has 0 saturated heterocycles. The molecule has 5 aromatic rings. The SMILES string of the molecule is O=C1c2ccc([P+](c3ccccc3)(c3ccccc3)c3ccccc3)cc2C(=O)N1c1ccccc1. The second kappa shape index (κ2) is 9.03. The first kappa shape index (κ1) is 22.2. The average molecular weight is 485 g/mol. The van der Waals surface area contributed by atoms with Gasteiger partial charge in [-0.2, -0.15) is 0 Å². The standard InChI is InChI=1S/C32H23NO2P/c34-31-29-22-21-28(23-30(29)32(35)33(31)24-13-5-1-6-14-24)36(25-15-7-2-8-16-25,26-17-9-3-10-18-26)27-19-11-4-12-20-27/h1-23H/q+1. The van der Waals surface area contributed by atoms with Gasteiger partial charge in [-0.25, -0.2) is 4.90 Å². The summed E-state index contributed by atoms with van der Waals surface area (Å²) in [6.45, 7) is 0. The highest BCUT2D eigenvalue weighted by molar-refractivity contribution is 8.01. The summed E-state index contributed by atoms with van der Waals surface area (Å²) in [5.41, 5.74) is 1.48. The maximum absolute atomic E-state index is 13.6. The van der Waals surface area contributed by atoms with Crippen LogP contribution in [-0.2, 0) is 0 Å². The van der Waals surface area contributed by atoms with Crippen LogP contribution in [0, 0.1) is 0 Å². The molecule has 0 aromatic heterocycles. The van der Waals surface area contributed by atoms with Crippen molar-refractivity contribution in [2.45, 2.75) is 0 Å². The fraction of sp³-hybridized carbons (Fsp3) is 0. The number of benzene rings is 5. The van der Waals surface area contributed by atoms with Gasteiger partial charge < -0.3 is 0 Å². The zero-order valence-electron chi connectivity index (χ0n) is 19.5. The summed E-state index contributed by atoms with van der Waals surface area (Å²) in [5.74, 6) is -0.564. The van der Waals surface area contributed by atoms with Gasteiger partial charge in [0.1, 0.15) is 28.5 Å². The highest BCUT2D eigenvalue weighted by Gasteiger charge is 2.49. The number of para-hydroxylation sites is 1. The van der Waals surface area contributed by atoms with Crippen molar-refractivity contribution in [2.24, 2.45) is 0 Å². The maximum atomic E-state index is 13.6. The molecular formula is C32H23NO2P+. The summed E-state index contributed by atoms with van der Waals surface area (Å²) >= 11 is 0. The van der Waals surface area contributed by atoms with E-state index in [0.717, 1.165) is 5.30 Å². The molecular weight excluding hydrogens is 461 g/mol. The molecule has 3 nitrogen and oxygen atoms in total. The van der Waals surface area contributed by atoms with Crippen molar-refractivity contribution >= 4 is 46.0 Å². The van der Waals surface area contributed by atoms with E-state index in [0.29, 0.717) is 16.8 Å². The Morgan fingerprint density at radius 2 is 0.833 bits per heavy atom. The Kier molecular flexibility index (Phi) is 5.56. The van der Waals surface area contributed by atoms with Crippen LogP contribution in [0.15, 0.2) is 140 Å². The fourth-order valence-electron chi connectivity index (χ4n) is 5.10. The lowest BCUT2D eigenvalue weighted by Crippen LogP contribution is -2.38. The molecule has 172 valence electrons. The molecule has 1 aliphatic rings. The Morgan fingerprint density at radius 1 is 0.417 bits per heavy atom. The number of amides is 2. The van der Waals surface area contributed by atoms with Crippen LogP contribution >= 0.6 is 7.26 Å². The van der Waals surface area contributed by atoms with Gasteiger partial charge in [0.25, 0.3) is 11.8 Å². The zero-order valence-corrected chi connectivity index (χ0v) is 20.4. The molecule has 0 aliphatic carbocycles. The van der Waals surface area contributed by atoms with Crippen LogP contribution in [0.25, 0.3) is 0 Å². The van der Waals surface area contributed by atoms with Crippen molar-refractivity contribution in [3.05, 3.63) is 151 Å². The van der Waals surface area contributed by atoms with E-state index in [1.54, 1.807) is 12.1 Å². The Labute approximate surface area is 211 Å². The summed E-state index contributed by atoms with van der Waals surface area (Å²) in [4.78, 5) is 28.2. The van der Waals surface area contributed by atoms with Gasteiger partial charge in [-0.05, 0) is 66.7 Å². The molecule has 0 bridgehead atoms. The predicted octanol–water partition coefficient (Wildman–Crippen LogP) is 5.11. The maximum Gasteiger partial charge on any atom is 0.266 e. The Morgan fingerprint density at radius 3 is 1.31 bits per heavy atom. The minimum absolute atomic E-state index is 0.282. The number of carbonyl (C=O) groups is 2. The molecule has 6 rings (SSSR count). The summed E-state index contributed by atoms with van der Waals surface area (Å²) in [6, 6.07) is 46.4. The second-order valence-electron chi connectivity index (χ2n) is 8.69. The van der Waals surface area contributed by atoms with Crippen molar-refractivity contribution in [1.29, 1.82) is 0 Å². The number of nitrogens with zero attached hydrogens (tertiary/aromatic N) is 1. The van der Waals surface area contributed by atoms with E-state index >= 15 is 0 Å². The second-order valence-corrected chi connectivity index (χ2v) is 12.1. The van der Waals surface area contributed by atoms with Gasteiger partial charge in [-0.1, -0.05) is 72.8 Å². The van der Waals surface area contributed by atoms with Gasteiger partial charge in [-0.3, -0.25) is 9.59 Å². The van der Waals surface area contributed by atoms with Gasteiger partial charge in [-0.15, -0.1) is 0 Å². The third kappa shape index (κ3) is 3.40. The lowest BCUT2D eigenvalue weighted by atomic mass is 10.1. The van der Waals surface area contributed by atoms with Gasteiger partial charge in [0.15, 0.2) is 0 Å². The van der Waals surface area contributed by atoms with E-state index in [-0.39, 0.29) is 11.8 Å². The van der Waals surface area contributed by atoms with Crippen molar-refractivity contribution in [3.8, 4) is 0 Å². The number of hydrogen-bond acceptors (Lipinski definition) is 2. The molecule has 5 aromatic carbocycles. The Balaban J connectivity index is 1.62. The number of rotatable bonds is 5. The first-order valence-corrected chi connectivity index (χ1v) is 13.6. The summed E-state index contributed by atoms with van der Waals surface area (Å²) in [5, 5.41) is 4.62. The van der Waals surface area contributed by atoms with Gasteiger partial charge in [0, 0.05) is 0 Å². The van der Waals surface area contributed by atoms with Crippen LogP contribution < -0.4 is 26.1 Å². The topological polar surface area (TPSA) is 37.4 Å². The van der Waals surface area contributed by atoms with Gasteiger partial charge in [0.2, 0.25) is 0 Å². The Hall–Kier alpha value is -4.33. The molecule has 0 fully saturated rings. The summed E-state index contributed by atoms with van der Waals surface area (Å²) < 4.78 is 0. The summed E-state index contributed by atoms with van der Waals surface area (Å²) in [6.07, 6.45) is 0. The average Bonchev–Trinajstić information content (AvgIpc) is 3.20. The molecule has 1 aliphatic heterocycles. The molecule has 4 heteroatoms. The predicted molar refractivity (Wildman–Crippen MR) is 149 cm³/mol. The quantitative estimate of drug-likeness (QED) is 0.257. The van der Waals surface area contributed by atoms with Crippen LogP contribution in [0.3, 0.4) is 0 Å². The molecule has 0 spiro atoms. The first-order chi connectivity index (χ1) is 17.7. The van der Waals surface area contributed by atoms with E-state index in [4.69, 9.17) is 0 Å². The van der Waals surface area contributed by atoms with Gasteiger partial charge >= 0.3 is 0 Å². The first-order valence-electron chi connectivity index (χ1n) is 11.9. The van der Waals surface area contributed by atoms with Crippen molar-refractivity contribution in [3.63, 3.8) is 0 Å². The summed E-state index contributed by atoms with van der Waals surface area (Å²) in [7, 11) is -2.36.